The lowest BCUT2D eigenvalue weighted by atomic mass is 9.79. The highest BCUT2D eigenvalue weighted by Gasteiger charge is 2.31. The molecule has 7 heteroatoms. The first-order chi connectivity index (χ1) is 12.9. The molecule has 1 saturated carbocycles. The molecule has 0 unspecified atom stereocenters. The first kappa shape index (κ1) is 19.3. The van der Waals surface area contributed by atoms with Gasteiger partial charge in [0.15, 0.2) is 11.4 Å². The van der Waals surface area contributed by atoms with Gasteiger partial charge in [0.2, 0.25) is 0 Å². The molecule has 2 aromatic rings. The van der Waals surface area contributed by atoms with E-state index in [9.17, 15) is 14.7 Å². The number of Topliss-reactive ketones (excluding diaryl/α,β-unsaturated/α-hetero) is 1. The van der Waals surface area contributed by atoms with Crippen molar-refractivity contribution in [2.45, 2.75) is 71.1 Å². The highest BCUT2D eigenvalue weighted by Crippen LogP contribution is 2.38. The number of aryl methyl sites for hydroxylation is 1. The molecule has 146 valence electrons. The Bertz CT molecular complexity index is 851. The number of nitrogens with two attached hydrogens (primary N) is 1. The van der Waals surface area contributed by atoms with E-state index in [1.54, 1.807) is 10.7 Å². The van der Waals surface area contributed by atoms with Crippen LogP contribution in [-0.2, 0) is 11.2 Å². The second-order valence-electron chi connectivity index (χ2n) is 7.56. The van der Waals surface area contributed by atoms with Gasteiger partial charge in [0.25, 0.3) is 0 Å². The molecule has 2 heterocycles. The predicted molar refractivity (Wildman–Crippen MR) is 103 cm³/mol. The largest absolute Gasteiger partial charge is 0.481 e. The molecular weight excluding hydrogens is 344 g/mol. The molecular formula is C20H28N4O3. The molecule has 0 aromatic carbocycles. The Morgan fingerprint density at radius 3 is 2.56 bits per heavy atom. The summed E-state index contributed by atoms with van der Waals surface area (Å²) >= 11 is 0. The van der Waals surface area contributed by atoms with E-state index in [-0.39, 0.29) is 17.6 Å². The van der Waals surface area contributed by atoms with Gasteiger partial charge in [-0.1, -0.05) is 19.8 Å². The molecule has 0 amide bonds. The zero-order valence-electron chi connectivity index (χ0n) is 16.1. The molecule has 27 heavy (non-hydrogen) atoms. The van der Waals surface area contributed by atoms with Crippen molar-refractivity contribution in [3.63, 3.8) is 0 Å². The van der Waals surface area contributed by atoms with Crippen LogP contribution in [0.4, 0.5) is 5.82 Å². The van der Waals surface area contributed by atoms with Crippen LogP contribution in [0.1, 0.15) is 86.3 Å². The van der Waals surface area contributed by atoms with E-state index >= 15 is 0 Å². The number of carboxylic acids is 1. The Morgan fingerprint density at radius 2 is 1.96 bits per heavy atom. The van der Waals surface area contributed by atoms with Gasteiger partial charge in [-0.3, -0.25) is 9.59 Å². The van der Waals surface area contributed by atoms with Crippen molar-refractivity contribution in [1.29, 1.82) is 0 Å². The van der Waals surface area contributed by atoms with Crippen LogP contribution in [0.5, 0.6) is 0 Å². The summed E-state index contributed by atoms with van der Waals surface area (Å²) < 4.78 is 1.57. The van der Waals surface area contributed by atoms with E-state index in [0.717, 1.165) is 36.9 Å². The van der Waals surface area contributed by atoms with Crippen molar-refractivity contribution in [2.75, 3.05) is 5.73 Å². The molecule has 0 aliphatic heterocycles. The number of rotatable bonds is 7. The summed E-state index contributed by atoms with van der Waals surface area (Å²) in [6.45, 7) is 3.66. The number of ketones is 1. The molecule has 0 atom stereocenters. The summed E-state index contributed by atoms with van der Waals surface area (Å²) in [5.41, 5.74) is 9.24. The number of nitrogens with zero attached hydrogens (tertiary/aromatic N) is 3. The number of carbonyl (C=O) groups is 2. The number of fused-ring (bicyclic) bond motifs is 1. The van der Waals surface area contributed by atoms with Gasteiger partial charge in [0.1, 0.15) is 5.82 Å². The fourth-order valence-corrected chi connectivity index (χ4v) is 4.09. The summed E-state index contributed by atoms with van der Waals surface area (Å²) in [5.74, 6) is -0.769. The minimum atomic E-state index is -0.739. The van der Waals surface area contributed by atoms with Crippen LogP contribution in [0.15, 0.2) is 6.20 Å². The van der Waals surface area contributed by atoms with E-state index in [4.69, 9.17) is 10.7 Å². The molecule has 1 fully saturated rings. The molecule has 0 bridgehead atoms. The molecule has 2 aromatic heterocycles. The SMILES string of the molecule is CCCCCc1cnn2c(N)c(C(C)=O)c(C3CCC(C(=O)O)CC3)nc12. The number of hydrogen-bond acceptors (Lipinski definition) is 5. The van der Waals surface area contributed by atoms with E-state index in [0.29, 0.717) is 42.8 Å². The molecule has 0 spiro atoms. The Hall–Kier alpha value is -2.44. The maximum atomic E-state index is 12.3. The highest BCUT2D eigenvalue weighted by molar-refractivity contribution is 6.00. The average Bonchev–Trinajstić information content (AvgIpc) is 3.05. The lowest BCUT2D eigenvalue weighted by Crippen LogP contribution is -2.23. The molecule has 0 radical (unpaired) electrons. The summed E-state index contributed by atoms with van der Waals surface area (Å²) in [6, 6.07) is 0. The Balaban J connectivity index is 1.99. The van der Waals surface area contributed by atoms with Gasteiger partial charge in [-0.05, 0) is 45.4 Å². The third-order valence-electron chi connectivity index (χ3n) is 5.65. The summed E-state index contributed by atoms with van der Waals surface area (Å²) in [6.07, 6.45) is 8.65. The van der Waals surface area contributed by atoms with Gasteiger partial charge < -0.3 is 10.8 Å². The third-order valence-corrected chi connectivity index (χ3v) is 5.65. The van der Waals surface area contributed by atoms with Gasteiger partial charge in [-0.2, -0.15) is 9.61 Å². The number of aromatic nitrogens is 3. The quantitative estimate of drug-likeness (QED) is 0.567. The zero-order valence-corrected chi connectivity index (χ0v) is 16.1. The number of unbranched alkanes of at least 4 members (excludes halogenated alkanes) is 2. The second kappa shape index (κ2) is 8.06. The Labute approximate surface area is 159 Å². The molecule has 7 nitrogen and oxygen atoms in total. The normalized spacial score (nSPS) is 20.1. The summed E-state index contributed by atoms with van der Waals surface area (Å²) in [7, 11) is 0. The van der Waals surface area contributed by atoms with E-state index in [1.807, 2.05) is 0 Å². The molecule has 3 rings (SSSR count). The van der Waals surface area contributed by atoms with Crippen molar-refractivity contribution < 1.29 is 14.7 Å². The Kier molecular flexibility index (Phi) is 5.77. The molecule has 1 aliphatic rings. The van der Waals surface area contributed by atoms with E-state index in [1.165, 1.54) is 6.92 Å². The van der Waals surface area contributed by atoms with Crippen LogP contribution in [0.25, 0.3) is 5.65 Å². The fourth-order valence-electron chi connectivity index (χ4n) is 4.09. The highest BCUT2D eigenvalue weighted by atomic mass is 16.4. The minimum absolute atomic E-state index is 0.0604. The maximum Gasteiger partial charge on any atom is 0.306 e. The molecule has 3 N–H and O–H groups in total. The Morgan fingerprint density at radius 1 is 1.26 bits per heavy atom. The molecule has 1 aliphatic carbocycles. The fraction of sp³-hybridized carbons (Fsp3) is 0.600. The third kappa shape index (κ3) is 3.82. The van der Waals surface area contributed by atoms with Crippen LogP contribution >= 0.6 is 0 Å². The van der Waals surface area contributed by atoms with Gasteiger partial charge >= 0.3 is 5.97 Å². The first-order valence-electron chi connectivity index (χ1n) is 9.83. The first-order valence-corrected chi connectivity index (χ1v) is 9.83. The summed E-state index contributed by atoms with van der Waals surface area (Å²) in [5, 5.41) is 13.6. The van der Waals surface area contributed by atoms with Crippen LogP contribution in [0.3, 0.4) is 0 Å². The average molecular weight is 372 g/mol. The topological polar surface area (TPSA) is 111 Å². The second-order valence-corrected chi connectivity index (χ2v) is 7.56. The lowest BCUT2D eigenvalue weighted by molar-refractivity contribution is -0.142. The predicted octanol–water partition coefficient (Wildman–Crippen LogP) is 3.61. The van der Waals surface area contributed by atoms with Crippen molar-refractivity contribution in [3.8, 4) is 0 Å². The molecule has 0 saturated heterocycles. The van der Waals surface area contributed by atoms with Crippen LogP contribution in [0, 0.1) is 5.92 Å². The van der Waals surface area contributed by atoms with Gasteiger partial charge in [-0.15, -0.1) is 0 Å². The van der Waals surface area contributed by atoms with Crippen molar-refractivity contribution in [3.05, 3.63) is 23.0 Å². The van der Waals surface area contributed by atoms with Crippen molar-refractivity contribution in [2.24, 2.45) is 5.92 Å². The number of aliphatic carboxylic acids is 1. The number of anilines is 1. The smallest absolute Gasteiger partial charge is 0.306 e. The maximum absolute atomic E-state index is 12.3. The minimum Gasteiger partial charge on any atom is -0.481 e. The lowest BCUT2D eigenvalue weighted by Gasteiger charge is -2.27. The van der Waals surface area contributed by atoms with Crippen LogP contribution < -0.4 is 5.73 Å². The van der Waals surface area contributed by atoms with Crippen molar-refractivity contribution in [1.82, 2.24) is 14.6 Å². The van der Waals surface area contributed by atoms with E-state index in [2.05, 4.69) is 12.0 Å². The van der Waals surface area contributed by atoms with Crippen LogP contribution in [-0.4, -0.2) is 31.5 Å². The van der Waals surface area contributed by atoms with E-state index < -0.39 is 5.97 Å². The van der Waals surface area contributed by atoms with Gasteiger partial charge in [-0.25, -0.2) is 4.98 Å². The standard InChI is InChI=1S/C20H28N4O3/c1-3-4-5-6-15-11-22-24-18(21)16(12(2)25)17(23-19(15)24)13-7-9-14(10-8-13)20(26)27/h11,13-14H,3-10,21H2,1-2H3,(H,26,27). The number of nitrogen functional groups attached to an aromatic ring is 1. The van der Waals surface area contributed by atoms with Gasteiger partial charge in [0.05, 0.1) is 23.4 Å². The van der Waals surface area contributed by atoms with Crippen molar-refractivity contribution >= 4 is 23.2 Å². The monoisotopic (exact) mass is 372 g/mol. The van der Waals surface area contributed by atoms with Crippen LogP contribution in [0.2, 0.25) is 0 Å². The zero-order chi connectivity index (χ0) is 19.6. The number of carboxylic acid groups (broad SMARTS) is 1. The summed E-state index contributed by atoms with van der Waals surface area (Å²) in [4.78, 5) is 28.4. The number of carbonyl (C=O) groups excluding carboxylic acids is 1. The van der Waals surface area contributed by atoms with Gasteiger partial charge in [0, 0.05) is 11.5 Å². The number of hydrogen-bond donors (Lipinski definition) is 2.